The van der Waals surface area contributed by atoms with Crippen molar-refractivity contribution in [1.29, 1.82) is 0 Å². The van der Waals surface area contributed by atoms with Crippen LogP contribution < -0.4 is 0 Å². The van der Waals surface area contributed by atoms with E-state index < -0.39 is 0 Å². The summed E-state index contributed by atoms with van der Waals surface area (Å²) in [6.07, 6.45) is 0. The molecule has 0 saturated heterocycles. The molecule has 3 aromatic rings. The Morgan fingerprint density at radius 1 is 1.04 bits per heavy atom. The Hall–Kier alpha value is -1.71. The predicted molar refractivity (Wildman–Crippen MR) is 100 cm³/mol. The van der Waals surface area contributed by atoms with E-state index in [4.69, 9.17) is 16.1 Å². The van der Waals surface area contributed by atoms with Crippen molar-refractivity contribution in [2.75, 3.05) is 5.75 Å². The van der Waals surface area contributed by atoms with E-state index in [-0.39, 0.29) is 0 Å². The van der Waals surface area contributed by atoms with Gasteiger partial charge in [0.25, 0.3) is 0 Å². The fraction of sp³-hybridized carbons (Fsp3) is 0.211. The van der Waals surface area contributed by atoms with Crippen molar-refractivity contribution in [2.45, 2.75) is 25.7 Å². The summed E-state index contributed by atoms with van der Waals surface area (Å²) >= 11 is 8.00. The van der Waals surface area contributed by atoms with Crippen molar-refractivity contribution < 1.29 is 4.52 Å². The first kappa shape index (κ1) is 17.6. The zero-order chi connectivity index (χ0) is 16.7. The summed E-state index contributed by atoms with van der Waals surface area (Å²) in [5.74, 6) is 1.82. The third-order valence-electron chi connectivity index (χ3n) is 3.11. The average Bonchev–Trinajstić information content (AvgIpc) is 3.08. The molecule has 0 amide bonds. The number of thioether (sulfide) groups is 1. The van der Waals surface area contributed by atoms with E-state index in [2.05, 4.69) is 36.3 Å². The Bertz CT molecular complexity index is 737. The minimum Gasteiger partial charge on any atom is -0.356 e. The second-order valence-corrected chi connectivity index (χ2v) is 6.26. The molecule has 1 heterocycles. The van der Waals surface area contributed by atoms with Gasteiger partial charge >= 0.3 is 0 Å². The molecular formula is C19H20ClNOS. The summed E-state index contributed by atoms with van der Waals surface area (Å²) in [5.41, 5.74) is 2.65. The van der Waals surface area contributed by atoms with Gasteiger partial charge < -0.3 is 4.52 Å². The van der Waals surface area contributed by atoms with Crippen LogP contribution in [-0.4, -0.2) is 10.9 Å². The molecule has 0 atom stereocenters. The smallest absolute Gasteiger partial charge is 0.167 e. The van der Waals surface area contributed by atoms with Crippen LogP contribution in [0.2, 0.25) is 5.02 Å². The average molecular weight is 346 g/mol. The Labute approximate surface area is 146 Å². The van der Waals surface area contributed by atoms with Crippen molar-refractivity contribution in [3.05, 3.63) is 59.6 Å². The molecule has 0 aliphatic heterocycles. The molecule has 2 aromatic carbocycles. The molecule has 0 N–H and O–H groups in total. The third kappa shape index (κ3) is 4.40. The predicted octanol–water partition coefficient (Wildman–Crippen LogP) is 6.80. The van der Waals surface area contributed by atoms with Crippen LogP contribution in [0.5, 0.6) is 0 Å². The maximum atomic E-state index is 6.19. The van der Waals surface area contributed by atoms with Gasteiger partial charge in [-0.05, 0) is 24.0 Å². The molecule has 0 fully saturated rings. The molecule has 4 heteroatoms. The Balaban J connectivity index is 0.000000924. The Kier molecular flexibility index (Phi) is 6.75. The molecule has 1 aromatic heterocycles. The minimum atomic E-state index is 0.673. The van der Waals surface area contributed by atoms with Crippen LogP contribution in [0, 0.1) is 0 Å². The SMILES string of the molecule is CC.CCSc1ccc(-c2cc(-c3ccccc3Cl)no2)cc1. The lowest BCUT2D eigenvalue weighted by atomic mass is 10.1. The molecule has 0 saturated carbocycles. The molecular weight excluding hydrogens is 326 g/mol. The van der Waals surface area contributed by atoms with E-state index in [0.717, 1.165) is 28.3 Å². The van der Waals surface area contributed by atoms with Crippen molar-refractivity contribution >= 4 is 23.4 Å². The summed E-state index contributed by atoms with van der Waals surface area (Å²) in [4.78, 5) is 1.26. The number of aromatic nitrogens is 1. The highest BCUT2D eigenvalue weighted by molar-refractivity contribution is 7.99. The first-order chi connectivity index (χ1) is 11.3. The third-order valence-corrected chi connectivity index (χ3v) is 4.33. The zero-order valence-corrected chi connectivity index (χ0v) is 15.1. The monoisotopic (exact) mass is 345 g/mol. The lowest BCUT2D eigenvalue weighted by Crippen LogP contribution is -1.77. The van der Waals surface area contributed by atoms with Gasteiger partial charge in [-0.25, -0.2) is 0 Å². The molecule has 0 bridgehead atoms. The second kappa shape index (κ2) is 8.80. The zero-order valence-electron chi connectivity index (χ0n) is 13.5. The molecule has 3 rings (SSSR count). The molecule has 0 aliphatic rings. The van der Waals surface area contributed by atoms with Gasteiger partial charge in [0.1, 0.15) is 5.69 Å². The Morgan fingerprint density at radius 2 is 1.74 bits per heavy atom. The fourth-order valence-corrected chi connectivity index (χ4v) is 2.98. The van der Waals surface area contributed by atoms with Crippen molar-refractivity contribution in [2.24, 2.45) is 0 Å². The van der Waals surface area contributed by atoms with Crippen LogP contribution in [-0.2, 0) is 0 Å². The highest BCUT2D eigenvalue weighted by Gasteiger charge is 2.10. The van der Waals surface area contributed by atoms with Gasteiger partial charge in [-0.3, -0.25) is 0 Å². The van der Waals surface area contributed by atoms with Gasteiger partial charge in [0.2, 0.25) is 0 Å². The van der Waals surface area contributed by atoms with Crippen molar-refractivity contribution in [3.8, 4) is 22.6 Å². The number of hydrogen-bond acceptors (Lipinski definition) is 3. The normalized spacial score (nSPS) is 10.1. The van der Waals surface area contributed by atoms with Crippen LogP contribution in [0.15, 0.2) is 64.0 Å². The summed E-state index contributed by atoms with van der Waals surface area (Å²) < 4.78 is 5.44. The number of nitrogens with zero attached hydrogens (tertiary/aromatic N) is 1. The number of hydrogen-bond donors (Lipinski definition) is 0. The molecule has 23 heavy (non-hydrogen) atoms. The minimum absolute atomic E-state index is 0.673. The first-order valence-electron chi connectivity index (χ1n) is 7.73. The molecule has 0 unspecified atom stereocenters. The molecule has 2 nitrogen and oxygen atoms in total. The summed E-state index contributed by atoms with van der Waals surface area (Å²) in [5, 5.41) is 4.79. The van der Waals surface area contributed by atoms with Gasteiger partial charge in [0.15, 0.2) is 5.76 Å². The van der Waals surface area contributed by atoms with Crippen LogP contribution >= 0.6 is 23.4 Å². The topological polar surface area (TPSA) is 26.0 Å². The van der Waals surface area contributed by atoms with E-state index in [9.17, 15) is 0 Å². The molecule has 0 radical (unpaired) electrons. The molecule has 0 spiro atoms. The van der Waals surface area contributed by atoms with Crippen LogP contribution in [0.3, 0.4) is 0 Å². The van der Waals surface area contributed by atoms with Gasteiger partial charge in [-0.1, -0.05) is 67.9 Å². The standard InChI is InChI=1S/C17H14ClNOS.C2H6/c1-2-21-13-9-7-12(8-10-13)17-11-16(19-20-17)14-5-3-4-6-15(14)18;1-2/h3-11H,2H2,1H3;1-2H3. The maximum Gasteiger partial charge on any atom is 0.167 e. The lowest BCUT2D eigenvalue weighted by molar-refractivity contribution is 0.435. The summed E-state index contributed by atoms with van der Waals surface area (Å²) in [6, 6.07) is 17.8. The highest BCUT2D eigenvalue weighted by atomic mass is 35.5. The largest absolute Gasteiger partial charge is 0.356 e. The lowest BCUT2D eigenvalue weighted by Gasteiger charge is -1.99. The number of halogens is 1. The van der Waals surface area contributed by atoms with Crippen LogP contribution in [0.4, 0.5) is 0 Å². The fourth-order valence-electron chi connectivity index (χ4n) is 2.09. The Morgan fingerprint density at radius 3 is 2.39 bits per heavy atom. The van der Waals surface area contributed by atoms with Gasteiger partial charge in [0, 0.05) is 22.1 Å². The van der Waals surface area contributed by atoms with Crippen molar-refractivity contribution in [1.82, 2.24) is 5.16 Å². The van der Waals surface area contributed by atoms with Gasteiger partial charge in [-0.2, -0.15) is 0 Å². The van der Waals surface area contributed by atoms with Gasteiger partial charge in [-0.15, -0.1) is 11.8 Å². The van der Waals surface area contributed by atoms with Crippen molar-refractivity contribution in [3.63, 3.8) is 0 Å². The van der Waals surface area contributed by atoms with E-state index in [0.29, 0.717) is 5.02 Å². The van der Waals surface area contributed by atoms with Crippen LogP contribution in [0.1, 0.15) is 20.8 Å². The molecule has 120 valence electrons. The highest BCUT2D eigenvalue weighted by Crippen LogP contribution is 2.31. The van der Waals surface area contributed by atoms with E-state index >= 15 is 0 Å². The van der Waals surface area contributed by atoms with Crippen LogP contribution in [0.25, 0.3) is 22.6 Å². The second-order valence-electron chi connectivity index (χ2n) is 4.51. The first-order valence-corrected chi connectivity index (χ1v) is 9.09. The number of rotatable bonds is 4. The maximum absolute atomic E-state index is 6.19. The van der Waals surface area contributed by atoms with E-state index in [1.54, 1.807) is 0 Å². The summed E-state index contributed by atoms with van der Waals surface area (Å²) in [7, 11) is 0. The van der Waals surface area contributed by atoms with E-state index in [1.165, 1.54) is 4.90 Å². The molecule has 0 aliphatic carbocycles. The quantitative estimate of drug-likeness (QED) is 0.486. The van der Waals surface area contributed by atoms with Gasteiger partial charge in [0.05, 0.1) is 5.02 Å². The summed E-state index contributed by atoms with van der Waals surface area (Å²) in [6.45, 7) is 6.14. The van der Waals surface area contributed by atoms with E-state index in [1.807, 2.05) is 55.9 Å². The number of benzene rings is 2.